The van der Waals surface area contributed by atoms with E-state index in [0.717, 1.165) is 29.5 Å². The molecule has 2 aromatic rings. The van der Waals surface area contributed by atoms with E-state index in [1.54, 1.807) is 22.8 Å². The summed E-state index contributed by atoms with van der Waals surface area (Å²) in [5.74, 6) is 0.241. The van der Waals surface area contributed by atoms with Crippen LogP contribution in [0, 0.1) is 5.92 Å². The number of nitrogens with zero attached hydrogens (tertiary/aromatic N) is 2. The van der Waals surface area contributed by atoms with Gasteiger partial charge in [0.1, 0.15) is 4.83 Å². The number of imide groups is 1. The van der Waals surface area contributed by atoms with Crippen molar-refractivity contribution >= 4 is 45.3 Å². The van der Waals surface area contributed by atoms with Gasteiger partial charge in [-0.2, -0.15) is 0 Å². The van der Waals surface area contributed by atoms with Crippen LogP contribution in [0.4, 0.5) is 4.79 Å². The predicted octanol–water partition coefficient (Wildman–Crippen LogP) is 2.54. The summed E-state index contributed by atoms with van der Waals surface area (Å²) in [7, 11) is 0. The number of carbonyl (C=O) groups is 2. The van der Waals surface area contributed by atoms with Gasteiger partial charge in [0, 0.05) is 18.0 Å². The van der Waals surface area contributed by atoms with Gasteiger partial charge in [-0.05, 0) is 44.6 Å². The molecular weight excluding hydrogens is 384 g/mol. The molecule has 1 aliphatic carbocycles. The van der Waals surface area contributed by atoms with E-state index in [2.05, 4.69) is 22.5 Å². The van der Waals surface area contributed by atoms with Crippen LogP contribution >= 0.6 is 23.1 Å². The summed E-state index contributed by atoms with van der Waals surface area (Å²) in [6.45, 7) is 6.85. The summed E-state index contributed by atoms with van der Waals surface area (Å²) in [6, 6.07) is -0.514. The number of amides is 3. The lowest BCUT2D eigenvalue weighted by atomic mass is 9.89. The van der Waals surface area contributed by atoms with Crippen molar-refractivity contribution in [1.82, 2.24) is 20.2 Å². The molecule has 0 saturated heterocycles. The van der Waals surface area contributed by atoms with E-state index in [4.69, 9.17) is 0 Å². The quantitative estimate of drug-likeness (QED) is 0.586. The van der Waals surface area contributed by atoms with E-state index in [1.165, 1.54) is 22.2 Å². The molecule has 2 heterocycles. The molecule has 9 heteroatoms. The molecule has 2 aromatic heterocycles. The van der Waals surface area contributed by atoms with Crippen molar-refractivity contribution in [1.29, 1.82) is 0 Å². The van der Waals surface area contributed by atoms with Crippen LogP contribution in [0.1, 0.15) is 37.6 Å². The molecule has 0 fully saturated rings. The third-order valence-corrected chi connectivity index (χ3v) is 6.74. The molecule has 0 saturated carbocycles. The molecule has 0 radical (unpaired) electrons. The Labute approximate surface area is 165 Å². The van der Waals surface area contributed by atoms with E-state index < -0.39 is 11.9 Å². The highest BCUT2D eigenvalue weighted by molar-refractivity contribution is 7.99. The van der Waals surface area contributed by atoms with Crippen molar-refractivity contribution in [2.45, 2.75) is 51.7 Å². The van der Waals surface area contributed by atoms with Gasteiger partial charge in [-0.15, -0.1) is 11.3 Å². The van der Waals surface area contributed by atoms with Crippen molar-refractivity contribution in [2.75, 3.05) is 12.3 Å². The number of urea groups is 1. The number of rotatable bonds is 5. The molecule has 0 aromatic carbocycles. The number of hydrogen-bond acceptors (Lipinski definition) is 6. The highest BCUT2D eigenvalue weighted by atomic mass is 32.2. The number of thioether (sulfide) groups is 1. The molecule has 146 valence electrons. The largest absolute Gasteiger partial charge is 0.338 e. The van der Waals surface area contributed by atoms with Gasteiger partial charge in [0.25, 0.3) is 5.56 Å². The van der Waals surface area contributed by atoms with Crippen LogP contribution < -0.4 is 16.2 Å². The Hall–Kier alpha value is -1.87. The SMILES string of the molecule is CCNC(=O)NC(=O)CSc1nc2sc3c(c2c(=O)n1CC)CCC(C)C3. The number of nitrogens with one attached hydrogen (secondary N) is 2. The molecule has 0 spiro atoms. The topological polar surface area (TPSA) is 93.1 Å². The minimum atomic E-state index is -0.514. The van der Waals surface area contributed by atoms with E-state index in [0.29, 0.717) is 24.2 Å². The lowest BCUT2D eigenvalue weighted by molar-refractivity contribution is -0.117. The standard InChI is InChI=1S/C18H24N4O3S2/c1-4-19-17(25)20-13(23)9-26-18-21-15-14(16(24)22(18)5-2)11-7-6-10(3)8-12(11)27-15/h10H,4-9H2,1-3H3,(H2,19,20,23,25). The van der Waals surface area contributed by atoms with E-state index >= 15 is 0 Å². The molecule has 27 heavy (non-hydrogen) atoms. The molecule has 2 N–H and O–H groups in total. The predicted molar refractivity (Wildman–Crippen MR) is 109 cm³/mol. The Bertz CT molecular complexity index is 935. The fourth-order valence-corrected chi connectivity index (χ4v) is 5.58. The minimum absolute atomic E-state index is 0.0250. The van der Waals surface area contributed by atoms with Gasteiger partial charge in [-0.3, -0.25) is 19.5 Å². The normalized spacial score (nSPS) is 16.2. The van der Waals surface area contributed by atoms with Gasteiger partial charge in [-0.25, -0.2) is 9.78 Å². The first-order chi connectivity index (χ1) is 12.9. The third kappa shape index (κ3) is 4.19. The van der Waals surface area contributed by atoms with Gasteiger partial charge in [0.15, 0.2) is 5.16 Å². The molecule has 3 amide bonds. The number of aromatic nitrogens is 2. The molecule has 7 nitrogen and oxygen atoms in total. The fourth-order valence-electron chi connectivity index (χ4n) is 3.29. The zero-order valence-electron chi connectivity index (χ0n) is 15.8. The number of fused-ring (bicyclic) bond motifs is 3. The summed E-state index contributed by atoms with van der Waals surface area (Å²) in [5.41, 5.74) is 1.14. The van der Waals surface area contributed by atoms with Crippen molar-refractivity contribution in [3.05, 3.63) is 20.8 Å². The van der Waals surface area contributed by atoms with E-state index in [1.807, 2.05) is 6.92 Å². The Morgan fingerprint density at radius 1 is 1.37 bits per heavy atom. The van der Waals surface area contributed by atoms with Gasteiger partial charge >= 0.3 is 6.03 Å². The number of thiophene rings is 1. The van der Waals surface area contributed by atoms with E-state index in [9.17, 15) is 14.4 Å². The summed E-state index contributed by atoms with van der Waals surface area (Å²) in [5, 5.41) is 6.05. The van der Waals surface area contributed by atoms with Crippen molar-refractivity contribution in [3.8, 4) is 0 Å². The number of aryl methyl sites for hydroxylation is 1. The van der Waals surface area contributed by atoms with Crippen LogP contribution in [-0.4, -0.2) is 33.8 Å². The maximum Gasteiger partial charge on any atom is 0.321 e. The van der Waals surface area contributed by atoms with Gasteiger partial charge < -0.3 is 5.32 Å². The minimum Gasteiger partial charge on any atom is -0.338 e. The number of carbonyl (C=O) groups excluding carboxylic acids is 2. The molecule has 0 aliphatic heterocycles. The maximum absolute atomic E-state index is 13.1. The maximum atomic E-state index is 13.1. The molecule has 3 rings (SSSR count). The smallest absolute Gasteiger partial charge is 0.321 e. The Morgan fingerprint density at radius 2 is 2.15 bits per heavy atom. The third-order valence-electron chi connectivity index (χ3n) is 4.62. The van der Waals surface area contributed by atoms with Gasteiger partial charge in [-0.1, -0.05) is 18.7 Å². The van der Waals surface area contributed by atoms with Crippen LogP contribution in [0.15, 0.2) is 9.95 Å². The molecule has 1 unspecified atom stereocenters. The summed E-state index contributed by atoms with van der Waals surface area (Å²) >= 11 is 2.78. The first-order valence-corrected chi connectivity index (χ1v) is 11.0. The Morgan fingerprint density at radius 3 is 2.85 bits per heavy atom. The summed E-state index contributed by atoms with van der Waals surface area (Å²) in [6.07, 6.45) is 3.03. The second-order valence-electron chi connectivity index (χ2n) is 6.67. The highest BCUT2D eigenvalue weighted by Gasteiger charge is 2.24. The van der Waals surface area contributed by atoms with Crippen LogP contribution in [0.3, 0.4) is 0 Å². The number of hydrogen-bond donors (Lipinski definition) is 2. The average Bonchev–Trinajstić information content (AvgIpc) is 2.97. The Balaban J connectivity index is 1.87. The second-order valence-corrected chi connectivity index (χ2v) is 8.70. The second kappa shape index (κ2) is 8.43. The molecule has 0 bridgehead atoms. The summed E-state index contributed by atoms with van der Waals surface area (Å²) in [4.78, 5) is 43.1. The van der Waals surface area contributed by atoms with Crippen molar-refractivity contribution < 1.29 is 9.59 Å². The molecule has 1 atom stereocenters. The fraction of sp³-hybridized carbons (Fsp3) is 0.556. The molecule has 1 aliphatic rings. The Kier molecular flexibility index (Phi) is 6.21. The van der Waals surface area contributed by atoms with Crippen LogP contribution in [-0.2, 0) is 24.2 Å². The average molecular weight is 409 g/mol. The first kappa shape index (κ1) is 19.9. The first-order valence-electron chi connectivity index (χ1n) is 9.20. The highest BCUT2D eigenvalue weighted by Crippen LogP contribution is 2.36. The lowest BCUT2D eigenvalue weighted by Gasteiger charge is -2.17. The zero-order valence-corrected chi connectivity index (χ0v) is 17.4. The van der Waals surface area contributed by atoms with Gasteiger partial charge in [0.2, 0.25) is 5.91 Å². The van der Waals surface area contributed by atoms with Crippen LogP contribution in [0.25, 0.3) is 10.2 Å². The van der Waals surface area contributed by atoms with Crippen LogP contribution in [0.5, 0.6) is 0 Å². The van der Waals surface area contributed by atoms with Crippen molar-refractivity contribution in [2.24, 2.45) is 5.92 Å². The van der Waals surface area contributed by atoms with Crippen molar-refractivity contribution in [3.63, 3.8) is 0 Å². The van der Waals surface area contributed by atoms with E-state index in [-0.39, 0.29) is 11.3 Å². The zero-order chi connectivity index (χ0) is 19.6. The lowest BCUT2D eigenvalue weighted by Crippen LogP contribution is -2.40. The van der Waals surface area contributed by atoms with Crippen LogP contribution in [0.2, 0.25) is 0 Å². The monoisotopic (exact) mass is 408 g/mol. The molecular formula is C18H24N4O3S2. The van der Waals surface area contributed by atoms with Gasteiger partial charge in [0.05, 0.1) is 11.1 Å². The summed E-state index contributed by atoms with van der Waals surface area (Å²) < 4.78 is 1.62.